The quantitative estimate of drug-likeness (QED) is 0.718. The van der Waals surface area contributed by atoms with Gasteiger partial charge in [0, 0.05) is 49.0 Å². The Kier molecular flexibility index (Phi) is 4.51. The van der Waals surface area contributed by atoms with Gasteiger partial charge in [0.1, 0.15) is 5.56 Å². The molecule has 2 atom stereocenters. The van der Waals surface area contributed by atoms with Crippen molar-refractivity contribution in [2.24, 2.45) is 5.92 Å². The number of nitrogens with zero attached hydrogens (tertiary/aromatic N) is 2. The Balaban J connectivity index is 1.32. The van der Waals surface area contributed by atoms with Gasteiger partial charge in [-0.25, -0.2) is 0 Å². The smallest absolute Gasteiger partial charge is 0.263 e. The van der Waals surface area contributed by atoms with E-state index in [-0.39, 0.29) is 17.0 Å². The summed E-state index contributed by atoms with van der Waals surface area (Å²) in [5.41, 5.74) is 3.47. The van der Waals surface area contributed by atoms with Gasteiger partial charge in [0.25, 0.3) is 11.5 Å². The molecule has 1 amide bonds. The average Bonchev–Trinajstić information content (AvgIpc) is 3.04. The van der Waals surface area contributed by atoms with Gasteiger partial charge in [-0.2, -0.15) is 0 Å². The maximum Gasteiger partial charge on any atom is 0.263 e. The summed E-state index contributed by atoms with van der Waals surface area (Å²) in [4.78, 5) is 25.7. The molecule has 0 saturated carbocycles. The maximum atomic E-state index is 13.0. The molecule has 1 saturated heterocycles. The predicted octanol–water partition coefficient (Wildman–Crippen LogP) is 2.25. The van der Waals surface area contributed by atoms with Crippen molar-refractivity contribution in [3.05, 3.63) is 69.8 Å². The summed E-state index contributed by atoms with van der Waals surface area (Å²) in [6.45, 7) is 5.79. The van der Waals surface area contributed by atoms with Crippen LogP contribution in [-0.2, 0) is 13.1 Å². The van der Waals surface area contributed by atoms with Crippen LogP contribution in [0.25, 0.3) is 10.9 Å². The van der Waals surface area contributed by atoms with Crippen molar-refractivity contribution in [3.63, 3.8) is 0 Å². The van der Waals surface area contributed by atoms with E-state index in [9.17, 15) is 9.59 Å². The first-order valence-electron chi connectivity index (χ1n) is 10.4. The molecule has 0 spiro atoms. The predicted molar refractivity (Wildman–Crippen MR) is 113 cm³/mol. The molecule has 2 N–H and O–H groups in total. The summed E-state index contributed by atoms with van der Waals surface area (Å²) >= 11 is 0. The molecule has 2 aliphatic rings. The minimum atomic E-state index is -0.284. The van der Waals surface area contributed by atoms with E-state index in [0.29, 0.717) is 31.5 Å². The van der Waals surface area contributed by atoms with E-state index in [1.54, 1.807) is 6.07 Å². The second-order valence-electron chi connectivity index (χ2n) is 8.30. The molecule has 6 nitrogen and oxygen atoms in total. The molecule has 150 valence electrons. The number of para-hydroxylation sites is 1. The third kappa shape index (κ3) is 3.17. The van der Waals surface area contributed by atoms with Crippen LogP contribution in [0.2, 0.25) is 0 Å². The number of carbonyl (C=O) groups excluding carboxylic acids is 1. The van der Waals surface area contributed by atoms with Crippen molar-refractivity contribution >= 4 is 16.8 Å². The van der Waals surface area contributed by atoms with Gasteiger partial charge in [0.15, 0.2) is 0 Å². The number of rotatable bonds is 4. The number of pyridine rings is 1. The third-order valence-electron chi connectivity index (χ3n) is 6.39. The van der Waals surface area contributed by atoms with Gasteiger partial charge >= 0.3 is 0 Å². The van der Waals surface area contributed by atoms with Gasteiger partial charge in [-0.1, -0.05) is 18.2 Å². The van der Waals surface area contributed by atoms with Crippen LogP contribution < -0.4 is 16.2 Å². The molecule has 0 radical (unpaired) electrons. The molecule has 1 aromatic carbocycles. The number of nitrogens with one attached hydrogen (secondary N) is 2. The highest BCUT2D eigenvalue weighted by atomic mass is 16.2. The monoisotopic (exact) mass is 390 g/mol. The van der Waals surface area contributed by atoms with Crippen LogP contribution >= 0.6 is 0 Å². The van der Waals surface area contributed by atoms with Gasteiger partial charge in [0.2, 0.25) is 0 Å². The second kappa shape index (κ2) is 7.19. The molecule has 0 unspecified atom stereocenters. The lowest BCUT2D eigenvalue weighted by Crippen LogP contribution is -2.46. The van der Waals surface area contributed by atoms with Gasteiger partial charge in [0.05, 0.1) is 0 Å². The summed E-state index contributed by atoms with van der Waals surface area (Å²) in [6.07, 6.45) is 1.13. The Morgan fingerprint density at radius 1 is 1.21 bits per heavy atom. The number of carbonyl (C=O) groups is 1. The Morgan fingerprint density at radius 3 is 2.97 bits per heavy atom. The van der Waals surface area contributed by atoms with Crippen LogP contribution in [0.5, 0.6) is 0 Å². The summed E-state index contributed by atoms with van der Waals surface area (Å²) in [5, 5.41) is 7.59. The minimum absolute atomic E-state index is 0.154. The van der Waals surface area contributed by atoms with Crippen LogP contribution in [0.1, 0.15) is 34.1 Å². The van der Waals surface area contributed by atoms with E-state index in [0.717, 1.165) is 36.4 Å². The number of hydrogen-bond donors (Lipinski definition) is 2. The van der Waals surface area contributed by atoms with Crippen molar-refractivity contribution in [1.29, 1.82) is 0 Å². The first-order chi connectivity index (χ1) is 14.1. The molecule has 2 bridgehead atoms. The lowest BCUT2D eigenvalue weighted by Gasteiger charge is -2.37. The van der Waals surface area contributed by atoms with Crippen LogP contribution in [0.4, 0.5) is 0 Å². The fraction of sp³-hybridized carbons (Fsp3) is 0.391. The van der Waals surface area contributed by atoms with Crippen molar-refractivity contribution in [2.45, 2.75) is 32.4 Å². The second-order valence-corrected chi connectivity index (χ2v) is 8.30. The number of aryl methyl sites for hydroxylation is 1. The third-order valence-corrected chi connectivity index (χ3v) is 6.39. The van der Waals surface area contributed by atoms with E-state index >= 15 is 0 Å². The number of benzene rings is 1. The van der Waals surface area contributed by atoms with Crippen LogP contribution in [0.3, 0.4) is 0 Å². The van der Waals surface area contributed by atoms with Crippen LogP contribution in [0, 0.1) is 12.8 Å². The Morgan fingerprint density at radius 2 is 2.07 bits per heavy atom. The SMILES string of the molecule is Cc1cc2ccccc2n1CCNC(=O)c1ccc2n(c1=O)C[C@@H]1CNC[C@H]2C1. The molecule has 1 fully saturated rings. The van der Waals surface area contributed by atoms with Crippen LogP contribution in [0.15, 0.2) is 47.3 Å². The van der Waals surface area contributed by atoms with Crippen molar-refractivity contribution < 1.29 is 4.79 Å². The Labute approximate surface area is 169 Å². The Bertz CT molecular complexity index is 1140. The largest absolute Gasteiger partial charge is 0.350 e. The van der Waals surface area contributed by atoms with Crippen LogP contribution in [-0.4, -0.2) is 34.7 Å². The van der Waals surface area contributed by atoms with E-state index in [1.165, 1.54) is 5.39 Å². The molecular formula is C23H26N4O2. The first kappa shape index (κ1) is 18.2. The summed E-state index contributed by atoms with van der Waals surface area (Å²) in [7, 11) is 0. The highest BCUT2D eigenvalue weighted by molar-refractivity contribution is 5.93. The van der Waals surface area contributed by atoms with Crippen molar-refractivity contribution in [3.8, 4) is 0 Å². The highest BCUT2D eigenvalue weighted by Gasteiger charge is 2.31. The molecular weight excluding hydrogens is 364 g/mol. The topological polar surface area (TPSA) is 68.1 Å². The zero-order valence-electron chi connectivity index (χ0n) is 16.6. The average molecular weight is 390 g/mol. The zero-order valence-corrected chi connectivity index (χ0v) is 16.6. The van der Waals surface area contributed by atoms with Crippen molar-refractivity contribution in [1.82, 2.24) is 19.8 Å². The summed E-state index contributed by atoms with van der Waals surface area (Å²) in [5.74, 6) is 0.563. The van der Waals surface area contributed by atoms with E-state index in [2.05, 4.69) is 40.3 Å². The van der Waals surface area contributed by atoms with E-state index in [4.69, 9.17) is 0 Å². The molecule has 4 heterocycles. The number of fused-ring (bicyclic) bond motifs is 5. The van der Waals surface area contributed by atoms with Gasteiger partial charge < -0.3 is 19.8 Å². The van der Waals surface area contributed by atoms with E-state index < -0.39 is 0 Å². The van der Waals surface area contributed by atoms with E-state index in [1.807, 2.05) is 22.8 Å². The molecule has 0 aliphatic carbocycles. The molecule has 29 heavy (non-hydrogen) atoms. The molecule has 2 aromatic heterocycles. The fourth-order valence-electron chi connectivity index (χ4n) is 4.99. The van der Waals surface area contributed by atoms with Gasteiger partial charge in [-0.3, -0.25) is 9.59 Å². The number of piperidine rings is 1. The molecule has 3 aromatic rings. The van der Waals surface area contributed by atoms with Gasteiger partial charge in [-0.15, -0.1) is 0 Å². The summed E-state index contributed by atoms with van der Waals surface area (Å²) in [6, 6.07) is 14.1. The van der Waals surface area contributed by atoms with Crippen molar-refractivity contribution in [2.75, 3.05) is 19.6 Å². The normalized spacial score (nSPS) is 20.4. The molecule has 6 heteroatoms. The fourth-order valence-corrected chi connectivity index (χ4v) is 4.99. The Hall–Kier alpha value is -2.86. The molecule has 2 aliphatic heterocycles. The number of amides is 1. The first-order valence-corrected chi connectivity index (χ1v) is 10.4. The lowest BCUT2D eigenvalue weighted by atomic mass is 9.84. The lowest BCUT2D eigenvalue weighted by molar-refractivity contribution is 0.0949. The highest BCUT2D eigenvalue weighted by Crippen LogP contribution is 2.31. The standard InChI is InChI=1S/C23H26N4O2/c1-15-10-17-4-2-3-5-20(17)26(15)9-8-25-22(28)19-6-7-21-18-11-16(12-24-13-18)14-27(21)23(19)29/h2-7,10,16,18,24H,8-9,11-14H2,1H3,(H,25,28)/t16-,18+/m0/s1. The minimum Gasteiger partial charge on any atom is -0.350 e. The zero-order chi connectivity index (χ0) is 20.0. The van der Waals surface area contributed by atoms with Gasteiger partial charge in [-0.05, 0) is 55.5 Å². The maximum absolute atomic E-state index is 13.0. The number of aromatic nitrogens is 2. The molecule has 5 rings (SSSR count). The summed E-state index contributed by atoms with van der Waals surface area (Å²) < 4.78 is 4.03. The number of hydrogen-bond acceptors (Lipinski definition) is 3.